The lowest BCUT2D eigenvalue weighted by atomic mass is 9.96. The van der Waals surface area contributed by atoms with Crippen molar-refractivity contribution in [1.82, 2.24) is 19.6 Å². The van der Waals surface area contributed by atoms with Crippen LogP contribution < -0.4 is 22.6 Å². The quantitative estimate of drug-likeness (QED) is 0.563. The molecule has 1 fully saturated rings. The second-order valence-corrected chi connectivity index (χ2v) is 8.09. The van der Waals surface area contributed by atoms with Gasteiger partial charge in [-0.05, 0) is 40.9 Å². The van der Waals surface area contributed by atoms with Crippen molar-refractivity contribution in [2.75, 3.05) is 11.5 Å². The summed E-state index contributed by atoms with van der Waals surface area (Å²) in [5.41, 5.74) is 11.8. The molecule has 4 N–H and O–H groups in total. The van der Waals surface area contributed by atoms with E-state index in [2.05, 4.69) is 26.1 Å². The number of hydrogen-bond acceptors (Lipinski definition) is 6. The minimum Gasteiger partial charge on any atom is -0.396 e. The summed E-state index contributed by atoms with van der Waals surface area (Å²) in [7, 11) is 0. The lowest BCUT2D eigenvalue weighted by Crippen LogP contribution is -2.29. The van der Waals surface area contributed by atoms with Gasteiger partial charge in [0.25, 0.3) is 11.1 Å². The zero-order chi connectivity index (χ0) is 21.7. The van der Waals surface area contributed by atoms with E-state index < -0.39 is 0 Å². The molecule has 1 saturated carbocycles. The van der Waals surface area contributed by atoms with Gasteiger partial charge in [0.1, 0.15) is 9.50 Å². The SMILES string of the molecule is Nc1cnn(-c2ccccc2)c(=O)c1Br.Nc1cnn(C2CCCCC2)c(=O)c1Cl. The molecule has 0 spiro atoms. The van der Waals surface area contributed by atoms with Crippen LogP contribution in [0.5, 0.6) is 0 Å². The number of anilines is 2. The normalized spacial score (nSPS) is 14.1. The number of hydrogen-bond donors (Lipinski definition) is 2. The molecule has 8 nitrogen and oxygen atoms in total. The van der Waals surface area contributed by atoms with Crippen molar-refractivity contribution in [3.63, 3.8) is 0 Å². The van der Waals surface area contributed by atoms with Crippen LogP contribution in [0.3, 0.4) is 0 Å². The molecule has 10 heteroatoms. The summed E-state index contributed by atoms with van der Waals surface area (Å²) in [5.74, 6) is 0. The highest BCUT2D eigenvalue weighted by Crippen LogP contribution is 2.26. The predicted molar refractivity (Wildman–Crippen MR) is 122 cm³/mol. The Morgan fingerprint density at radius 3 is 2.23 bits per heavy atom. The van der Waals surface area contributed by atoms with E-state index in [1.54, 1.807) is 12.1 Å². The van der Waals surface area contributed by atoms with Gasteiger partial charge in [0.05, 0.1) is 35.5 Å². The van der Waals surface area contributed by atoms with E-state index in [-0.39, 0.29) is 27.9 Å². The fourth-order valence-electron chi connectivity index (χ4n) is 3.24. The lowest BCUT2D eigenvalue weighted by molar-refractivity contribution is 0.318. The van der Waals surface area contributed by atoms with Gasteiger partial charge in [-0.25, -0.2) is 4.68 Å². The number of nitrogen functional groups attached to an aromatic ring is 2. The van der Waals surface area contributed by atoms with E-state index >= 15 is 0 Å². The Kier molecular flexibility index (Phi) is 7.28. The summed E-state index contributed by atoms with van der Waals surface area (Å²) in [5, 5.41) is 8.11. The molecule has 0 aliphatic heterocycles. The fraction of sp³-hybridized carbons (Fsp3) is 0.300. The summed E-state index contributed by atoms with van der Waals surface area (Å²) in [6, 6.07) is 9.36. The van der Waals surface area contributed by atoms with Crippen LogP contribution in [0.25, 0.3) is 5.69 Å². The molecule has 0 radical (unpaired) electrons. The smallest absolute Gasteiger partial charge is 0.287 e. The molecule has 3 aromatic rings. The number of para-hydroxylation sites is 1. The van der Waals surface area contributed by atoms with Crippen LogP contribution in [0, 0.1) is 0 Å². The van der Waals surface area contributed by atoms with Gasteiger partial charge in [0.15, 0.2) is 0 Å². The van der Waals surface area contributed by atoms with Gasteiger partial charge in [0.2, 0.25) is 0 Å². The van der Waals surface area contributed by atoms with Crippen LogP contribution >= 0.6 is 27.5 Å². The number of nitrogens with two attached hydrogens (primary N) is 2. The Labute approximate surface area is 186 Å². The largest absolute Gasteiger partial charge is 0.396 e. The monoisotopic (exact) mass is 492 g/mol. The zero-order valence-corrected chi connectivity index (χ0v) is 18.5. The molecule has 1 aliphatic rings. The predicted octanol–water partition coefficient (Wildman–Crippen LogP) is 3.56. The number of rotatable bonds is 2. The third kappa shape index (κ3) is 4.91. The Hall–Kier alpha value is -2.65. The van der Waals surface area contributed by atoms with Gasteiger partial charge in [-0.1, -0.05) is 49.1 Å². The van der Waals surface area contributed by atoms with Crippen molar-refractivity contribution in [3.05, 3.63) is 72.9 Å². The van der Waals surface area contributed by atoms with Crippen LogP contribution in [0.2, 0.25) is 5.02 Å². The zero-order valence-electron chi connectivity index (χ0n) is 16.2. The number of nitrogens with zero attached hydrogens (tertiary/aromatic N) is 4. The average molecular weight is 494 g/mol. The third-order valence-electron chi connectivity index (χ3n) is 4.84. The summed E-state index contributed by atoms with van der Waals surface area (Å²) in [6.45, 7) is 0. The van der Waals surface area contributed by atoms with Crippen molar-refractivity contribution < 1.29 is 0 Å². The van der Waals surface area contributed by atoms with Crippen molar-refractivity contribution in [1.29, 1.82) is 0 Å². The standard InChI is InChI=1S/C10H8BrN3O.C10H14ClN3O/c2*11-9-8(12)6-13-14(10(9)15)7-4-2-1-3-5-7/h1-6H,12H2;6-7H,1-5,12H2. The number of benzene rings is 1. The Morgan fingerprint density at radius 1 is 0.933 bits per heavy atom. The van der Waals surface area contributed by atoms with Crippen molar-refractivity contribution in [3.8, 4) is 5.69 Å². The summed E-state index contributed by atoms with van der Waals surface area (Å²) < 4.78 is 3.11. The molecule has 0 saturated heterocycles. The van der Waals surface area contributed by atoms with E-state index in [9.17, 15) is 9.59 Å². The molecule has 1 aromatic carbocycles. The first-order valence-electron chi connectivity index (χ1n) is 9.51. The van der Waals surface area contributed by atoms with Gasteiger partial charge in [-0.15, -0.1) is 0 Å². The molecule has 2 heterocycles. The fourth-order valence-corrected chi connectivity index (χ4v) is 3.65. The molecule has 0 amide bonds. The Bertz CT molecular complexity index is 1130. The van der Waals surface area contributed by atoms with E-state index in [0.29, 0.717) is 15.8 Å². The molecule has 0 bridgehead atoms. The maximum atomic E-state index is 11.8. The van der Waals surface area contributed by atoms with E-state index in [4.69, 9.17) is 23.1 Å². The lowest BCUT2D eigenvalue weighted by Gasteiger charge is -2.22. The van der Waals surface area contributed by atoms with Gasteiger partial charge in [0, 0.05) is 0 Å². The van der Waals surface area contributed by atoms with Crippen LogP contribution in [-0.4, -0.2) is 19.6 Å². The first-order chi connectivity index (χ1) is 14.4. The number of aromatic nitrogens is 4. The molecule has 30 heavy (non-hydrogen) atoms. The van der Waals surface area contributed by atoms with E-state index in [1.165, 1.54) is 28.2 Å². The Morgan fingerprint density at radius 2 is 1.57 bits per heavy atom. The maximum absolute atomic E-state index is 11.8. The summed E-state index contributed by atoms with van der Waals surface area (Å²) >= 11 is 8.93. The van der Waals surface area contributed by atoms with Crippen molar-refractivity contribution >= 4 is 38.9 Å². The van der Waals surface area contributed by atoms with Crippen LogP contribution in [-0.2, 0) is 0 Å². The molecule has 158 valence electrons. The first kappa shape index (κ1) is 22.0. The van der Waals surface area contributed by atoms with Gasteiger partial charge in [-0.2, -0.15) is 14.9 Å². The molecule has 2 aromatic heterocycles. The second kappa shape index (κ2) is 9.90. The van der Waals surface area contributed by atoms with Crippen molar-refractivity contribution in [2.24, 2.45) is 0 Å². The van der Waals surface area contributed by atoms with Gasteiger partial charge in [-0.3, -0.25) is 9.59 Å². The average Bonchev–Trinajstić information content (AvgIpc) is 2.78. The van der Waals surface area contributed by atoms with Gasteiger partial charge >= 0.3 is 0 Å². The molecular formula is C20H22BrClN6O2. The minimum absolute atomic E-state index is 0.0931. The highest BCUT2D eigenvalue weighted by Gasteiger charge is 2.19. The summed E-state index contributed by atoms with van der Waals surface area (Å²) in [4.78, 5) is 23.5. The van der Waals surface area contributed by atoms with Gasteiger partial charge < -0.3 is 11.5 Å². The maximum Gasteiger partial charge on any atom is 0.287 e. The van der Waals surface area contributed by atoms with E-state index in [1.807, 2.05) is 18.2 Å². The van der Waals surface area contributed by atoms with Crippen LogP contribution in [0.1, 0.15) is 38.1 Å². The molecule has 4 rings (SSSR count). The molecule has 0 atom stereocenters. The number of halogens is 2. The van der Waals surface area contributed by atoms with Crippen LogP contribution in [0.15, 0.2) is 56.8 Å². The molecule has 0 unspecified atom stereocenters. The topological polar surface area (TPSA) is 122 Å². The first-order valence-corrected chi connectivity index (χ1v) is 10.7. The highest BCUT2D eigenvalue weighted by molar-refractivity contribution is 9.10. The van der Waals surface area contributed by atoms with E-state index in [0.717, 1.165) is 25.7 Å². The minimum atomic E-state index is -0.263. The second-order valence-electron chi connectivity index (χ2n) is 6.92. The van der Waals surface area contributed by atoms with Crippen LogP contribution in [0.4, 0.5) is 11.4 Å². The summed E-state index contributed by atoms with van der Waals surface area (Å²) in [6.07, 6.45) is 8.46. The third-order valence-corrected chi connectivity index (χ3v) is 6.01. The van der Waals surface area contributed by atoms with Crippen molar-refractivity contribution in [2.45, 2.75) is 38.1 Å². The molecule has 1 aliphatic carbocycles. The Balaban J connectivity index is 0.000000171. The molecular weight excluding hydrogens is 472 g/mol. The highest BCUT2D eigenvalue weighted by atomic mass is 79.9.